The Bertz CT molecular complexity index is 1150. The molecular formula is C18H18N6O6S4. The van der Waals surface area contributed by atoms with Crippen molar-refractivity contribution in [1.82, 2.24) is 25.4 Å². The zero-order chi connectivity index (χ0) is 24.2. The summed E-state index contributed by atoms with van der Waals surface area (Å²) in [5.74, 6) is -0.328. The number of carbonyl (C=O) groups is 3. The average molecular weight is 543 g/mol. The second kappa shape index (κ2) is 10.7. The molecule has 0 radical (unpaired) electrons. The summed E-state index contributed by atoms with van der Waals surface area (Å²) in [6.45, 7) is 1.99. The maximum absolute atomic E-state index is 12.9. The van der Waals surface area contributed by atoms with E-state index < -0.39 is 29.4 Å². The minimum atomic E-state index is -1.52. The lowest BCUT2D eigenvalue weighted by atomic mass is 10.1. The first-order chi connectivity index (χ1) is 16.4. The van der Waals surface area contributed by atoms with Crippen molar-refractivity contribution < 1.29 is 29.1 Å². The molecule has 2 atom stereocenters. The number of oxime groups is 1. The van der Waals surface area contributed by atoms with Crippen LogP contribution in [0.5, 0.6) is 0 Å². The number of thiazole rings is 1. The molecule has 2 aliphatic rings. The Labute approximate surface area is 209 Å². The van der Waals surface area contributed by atoms with Gasteiger partial charge in [-0.2, -0.15) is 0 Å². The lowest BCUT2D eigenvalue weighted by molar-refractivity contribution is -0.148. The van der Waals surface area contributed by atoms with Gasteiger partial charge < -0.3 is 20.0 Å². The van der Waals surface area contributed by atoms with Gasteiger partial charge in [0.15, 0.2) is 10.1 Å². The van der Waals surface area contributed by atoms with Gasteiger partial charge in [-0.3, -0.25) is 14.5 Å². The first kappa shape index (κ1) is 24.4. The molecule has 1 fully saturated rings. The van der Waals surface area contributed by atoms with Crippen LogP contribution in [0.3, 0.4) is 0 Å². The lowest BCUT2D eigenvalue weighted by Gasteiger charge is -2.49. The quantitative estimate of drug-likeness (QED) is 0.157. The van der Waals surface area contributed by atoms with Crippen molar-refractivity contribution in [3.63, 3.8) is 0 Å². The lowest BCUT2D eigenvalue weighted by Crippen LogP contribution is -2.70. The van der Waals surface area contributed by atoms with Crippen LogP contribution in [0.4, 0.5) is 4.79 Å². The van der Waals surface area contributed by atoms with Crippen LogP contribution < -0.4 is 5.32 Å². The van der Waals surface area contributed by atoms with Crippen LogP contribution in [0, 0.1) is 0 Å². The monoisotopic (exact) mass is 542 g/mol. The Balaban J connectivity index is 1.48. The minimum absolute atomic E-state index is 0.0234. The zero-order valence-electron chi connectivity index (χ0n) is 17.8. The average Bonchev–Trinajstić information content (AvgIpc) is 3.51. The summed E-state index contributed by atoms with van der Waals surface area (Å²) in [5, 5.41) is 25.8. The highest BCUT2D eigenvalue weighted by Gasteiger charge is 2.54. The molecule has 2 aliphatic heterocycles. The van der Waals surface area contributed by atoms with Gasteiger partial charge in [0.1, 0.15) is 29.2 Å². The Kier molecular flexibility index (Phi) is 7.70. The Morgan fingerprint density at radius 2 is 2.24 bits per heavy atom. The van der Waals surface area contributed by atoms with Crippen LogP contribution in [0.25, 0.3) is 0 Å². The molecule has 180 valence electrons. The maximum atomic E-state index is 12.9. The Hall–Kier alpha value is -2.69. The van der Waals surface area contributed by atoms with E-state index >= 15 is 0 Å². The van der Waals surface area contributed by atoms with Gasteiger partial charge in [0, 0.05) is 22.5 Å². The van der Waals surface area contributed by atoms with Crippen molar-refractivity contribution >= 4 is 69.9 Å². The maximum Gasteiger partial charge on any atom is 0.512 e. The number of nitrogens with zero attached hydrogens (tertiary/aromatic N) is 5. The van der Waals surface area contributed by atoms with E-state index in [1.165, 1.54) is 58.2 Å². The highest BCUT2D eigenvalue weighted by atomic mass is 32.2. The molecule has 16 heteroatoms. The van der Waals surface area contributed by atoms with E-state index in [-0.39, 0.29) is 11.6 Å². The normalized spacial score (nSPS) is 20.0. The van der Waals surface area contributed by atoms with Crippen molar-refractivity contribution in [3.05, 3.63) is 33.0 Å². The summed E-state index contributed by atoms with van der Waals surface area (Å²) in [6, 6.07) is -0.880. The zero-order valence-corrected chi connectivity index (χ0v) is 21.1. The smallest absolute Gasteiger partial charge is 0.449 e. The molecular weight excluding hydrogens is 525 g/mol. The van der Waals surface area contributed by atoms with Crippen molar-refractivity contribution in [2.24, 2.45) is 5.16 Å². The van der Waals surface area contributed by atoms with Crippen molar-refractivity contribution in [1.29, 1.82) is 0 Å². The van der Waals surface area contributed by atoms with Crippen LogP contribution in [0.2, 0.25) is 0 Å². The number of aromatic nitrogens is 3. The fraction of sp³-hybridized carbons (Fsp3) is 0.389. The van der Waals surface area contributed by atoms with Gasteiger partial charge in [0.2, 0.25) is 5.88 Å². The van der Waals surface area contributed by atoms with E-state index in [9.17, 15) is 19.5 Å². The number of fused-ring (bicyclic) bond motifs is 1. The van der Waals surface area contributed by atoms with Crippen molar-refractivity contribution in [2.45, 2.75) is 29.1 Å². The third-order valence-electron chi connectivity index (χ3n) is 4.66. The number of thioether (sulfide) groups is 2. The third-order valence-corrected chi connectivity index (χ3v) is 8.87. The summed E-state index contributed by atoms with van der Waals surface area (Å²) in [7, 11) is 1.30. The molecule has 2 N–H and O–H groups in total. The molecule has 0 saturated carbocycles. The summed E-state index contributed by atoms with van der Waals surface area (Å²) in [4.78, 5) is 47.1. The number of carboxylic acid groups (broad SMARTS) is 1. The minimum Gasteiger partial charge on any atom is -0.449 e. The molecule has 12 nitrogen and oxygen atoms in total. The van der Waals surface area contributed by atoms with E-state index in [1.54, 1.807) is 10.9 Å². The van der Waals surface area contributed by atoms with Crippen LogP contribution in [-0.4, -0.2) is 78.9 Å². The predicted molar refractivity (Wildman–Crippen MR) is 127 cm³/mol. The molecule has 0 aliphatic carbocycles. The molecule has 2 aromatic rings. The number of ether oxygens (including phenoxy) is 1. The number of β-lactam (4-membered cyclic amide) rings is 1. The molecule has 1 unspecified atom stereocenters. The van der Waals surface area contributed by atoms with Gasteiger partial charge >= 0.3 is 6.16 Å². The predicted octanol–water partition coefficient (Wildman–Crippen LogP) is 2.01. The van der Waals surface area contributed by atoms with E-state index in [0.717, 1.165) is 15.8 Å². The number of aryl methyl sites for hydroxylation is 1. The molecule has 0 bridgehead atoms. The largest absolute Gasteiger partial charge is 0.512 e. The third kappa shape index (κ3) is 5.03. The second-order valence-electron chi connectivity index (χ2n) is 6.74. The van der Waals surface area contributed by atoms with Gasteiger partial charge in [0.25, 0.3) is 11.8 Å². The summed E-state index contributed by atoms with van der Waals surface area (Å²) < 4.78 is 5.75. The SMILES string of the molecule is CCc1nnc(SCC2=C(OC(=O)O)N3C(=O)C(NC(=O)C(=NOC)c4cscn4)[C@@H]3SC2)s1. The van der Waals surface area contributed by atoms with Crippen LogP contribution >= 0.6 is 46.2 Å². The Morgan fingerprint density at radius 3 is 2.88 bits per heavy atom. The molecule has 4 rings (SSSR count). The first-order valence-corrected chi connectivity index (χ1v) is 13.6. The summed E-state index contributed by atoms with van der Waals surface area (Å²) in [6.07, 6.45) is -0.744. The summed E-state index contributed by atoms with van der Waals surface area (Å²) in [5.41, 5.74) is 2.45. The topological polar surface area (TPSA) is 156 Å². The number of carbonyl (C=O) groups excluding carboxylic acids is 2. The number of rotatable bonds is 9. The number of hydrogen-bond acceptors (Lipinski definition) is 13. The molecule has 2 amide bonds. The van der Waals surface area contributed by atoms with E-state index in [2.05, 4.69) is 25.7 Å². The molecule has 34 heavy (non-hydrogen) atoms. The fourth-order valence-electron chi connectivity index (χ4n) is 3.13. The fourth-order valence-corrected chi connectivity index (χ4v) is 6.95. The number of amides is 2. The molecule has 0 aromatic carbocycles. The van der Waals surface area contributed by atoms with Crippen LogP contribution in [-0.2, 0) is 25.6 Å². The van der Waals surface area contributed by atoms with Gasteiger partial charge in [0.05, 0.1) is 5.51 Å². The Morgan fingerprint density at radius 1 is 1.41 bits per heavy atom. The van der Waals surface area contributed by atoms with Gasteiger partial charge in [-0.15, -0.1) is 33.3 Å². The van der Waals surface area contributed by atoms with E-state index in [1.807, 2.05) is 6.92 Å². The molecule has 0 spiro atoms. The second-order valence-corrected chi connectivity index (χ2v) is 10.8. The molecule has 1 saturated heterocycles. The first-order valence-electron chi connectivity index (χ1n) is 9.76. The van der Waals surface area contributed by atoms with E-state index in [0.29, 0.717) is 22.8 Å². The highest BCUT2D eigenvalue weighted by molar-refractivity contribution is 8.01. The van der Waals surface area contributed by atoms with Gasteiger partial charge in [-0.25, -0.2) is 9.78 Å². The number of nitrogens with one attached hydrogen (secondary N) is 1. The van der Waals surface area contributed by atoms with Crippen LogP contribution in [0.1, 0.15) is 17.6 Å². The van der Waals surface area contributed by atoms with Crippen LogP contribution in [0.15, 0.2) is 31.8 Å². The molecule has 2 aromatic heterocycles. The van der Waals surface area contributed by atoms with E-state index in [4.69, 9.17) is 9.57 Å². The number of hydrogen-bond donors (Lipinski definition) is 2. The summed E-state index contributed by atoms with van der Waals surface area (Å²) >= 11 is 5.55. The van der Waals surface area contributed by atoms with Gasteiger partial charge in [-0.05, 0) is 6.42 Å². The standard InChI is InChI=1S/C18H18N6O6S4/c1-3-10-21-22-17(34-10)33-5-8-4-32-16-12(14(26)24(16)15(8)30-18(27)28)20-13(25)11(23-29-2)9-6-31-7-19-9/h6-7,12,16H,3-5H2,1-2H3,(H,20,25)(H,27,28)/t12?,16-/m0/s1. The van der Waals surface area contributed by atoms with Crippen molar-refractivity contribution in [3.8, 4) is 0 Å². The van der Waals surface area contributed by atoms with Crippen molar-refractivity contribution in [2.75, 3.05) is 18.6 Å². The highest BCUT2D eigenvalue weighted by Crippen LogP contribution is 2.42. The van der Waals surface area contributed by atoms with Gasteiger partial charge in [-0.1, -0.05) is 35.2 Å². The molecule has 4 heterocycles.